The number of nitrogens with zero attached hydrogens (tertiary/aromatic N) is 4. The van der Waals surface area contributed by atoms with E-state index in [4.69, 9.17) is 9.97 Å². The number of pyridine rings is 2. The summed E-state index contributed by atoms with van der Waals surface area (Å²) in [5.41, 5.74) is 7.47. The zero-order valence-electron chi connectivity index (χ0n) is 21.0. The summed E-state index contributed by atoms with van der Waals surface area (Å²) in [4.78, 5) is 12.4. The van der Waals surface area contributed by atoms with Crippen LogP contribution >= 0.6 is 12.4 Å². The summed E-state index contributed by atoms with van der Waals surface area (Å²) in [7, 11) is 0. The van der Waals surface area contributed by atoms with E-state index in [-0.39, 0.29) is 12.4 Å². The van der Waals surface area contributed by atoms with Crippen molar-refractivity contribution in [2.24, 2.45) is 5.92 Å². The maximum Gasteiger partial charge on any atom is 0.153 e. The van der Waals surface area contributed by atoms with Gasteiger partial charge in [0.1, 0.15) is 0 Å². The van der Waals surface area contributed by atoms with Gasteiger partial charge in [-0.15, -0.1) is 12.4 Å². The van der Waals surface area contributed by atoms with E-state index in [0.29, 0.717) is 0 Å². The van der Waals surface area contributed by atoms with Gasteiger partial charge in [0, 0.05) is 35.8 Å². The molecule has 36 heavy (non-hydrogen) atoms. The van der Waals surface area contributed by atoms with E-state index in [9.17, 15) is 0 Å². The summed E-state index contributed by atoms with van der Waals surface area (Å²) in [5, 5.41) is 2.49. The van der Waals surface area contributed by atoms with Crippen molar-refractivity contribution in [3.63, 3.8) is 0 Å². The Morgan fingerprint density at radius 1 is 0.861 bits per heavy atom. The van der Waals surface area contributed by atoms with Gasteiger partial charge in [0.25, 0.3) is 0 Å². The molecule has 5 aromatic rings. The molecule has 0 radical (unpaired) electrons. The van der Waals surface area contributed by atoms with Crippen LogP contribution in [0.15, 0.2) is 79.0 Å². The molecule has 0 N–H and O–H groups in total. The van der Waals surface area contributed by atoms with E-state index in [1.54, 1.807) is 0 Å². The van der Waals surface area contributed by atoms with E-state index in [1.165, 1.54) is 52.4 Å². The minimum absolute atomic E-state index is 0. The molecule has 0 bridgehead atoms. The smallest absolute Gasteiger partial charge is 0.153 e. The minimum atomic E-state index is 0. The first kappa shape index (κ1) is 24.3. The standard InChI is InChI=1S/C31H32N4.ClH/c1-22-23(2)35(21-27-13-12-26-10-6-7-11-29(26)33-27)30-28(22)14-17-32-31(30)34-18-15-25(16-19-34)20-24-8-4-3-5-9-24;/h3-14,17,25H,15-16,18-21H2,1-2H3;1H. The highest BCUT2D eigenvalue weighted by Gasteiger charge is 2.24. The van der Waals surface area contributed by atoms with Gasteiger partial charge in [0.05, 0.1) is 23.3 Å². The van der Waals surface area contributed by atoms with Gasteiger partial charge in [-0.25, -0.2) is 4.98 Å². The van der Waals surface area contributed by atoms with Crippen LogP contribution in [0.5, 0.6) is 0 Å². The van der Waals surface area contributed by atoms with Crippen molar-refractivity contribution in [2.45, 2.75) is 39.7 Å². The molecule has 0 unspecified atom stereocenters. The lowest BCUT2D eigenvalue weighted by Crippen LogP contribution is -2.35. The zero-order valence-corrected chi connectivity index (χ0v) is 21.8. The molecule has 2 aromatic carbocycles. The van der Waals surface area contributed by atoms with E-state index in [1.807, 2.05) is 6.20 Å². The molecule has 0 spiro atoms. The SMILES string of the molecule is Cc1c(C)n(Cc2ccc3ccccc3n2)c2c(N3CCC(Cc4ccccc4)CC3)nccc12.Cl. The Balaban J connectivity index is 0.00000267. The normalized spacial score (nSPS) is 14.3. The molecule has 1 saturated heterocycles. The third-order valence-electron chi connectivity index (χ3n) is 7.78. The fourth-order valence-electron chi connectivity index (χ4n) is 5.66. The molecule has 1 aliphatic rings. The Morgan fingerprint density at radius 3 is 2.42 bits per heavy atom. The van der Waals surface area contributed by atoms with Crippen molar-refractivity contribution in [3.8, 4) is 0 Å². The highest BCUT2D eigenvalue weighted by atomic mass is 35.5. The molecule has 0 atom stereocenters. The number of fused-ring (bicyclic) bond motifs is 2. The summed E-state index contributed by atoms with van der Waals surface area (Å²) in [6.45, 7) is 7.33. The first-order chi connectivity index (χ1) is 17.2. The van der Waals surface area contributed by atoms with E-state index in [0.717, 1.165) is 42.6 Å². The Morgan fingerprint density at radius 2 is 1.61 bits per heavy atom. The maximum absolute atomic E-state index is 4.96. The lowest BCUT2D eigenvalue weighted by atomic mass is 9.90. The predicted molar refractivity (Wildman–Crippen MR) is 152 cm³/mol. The van der Waals surface area contributed by atoms with Crippen LogP contribution in [0.25, 0.3) is 21.8 Å². The second kappa shape index (κ2) is 10.3. The van der Waals surface area contributed by atoms with Crippen LogP contribution in [0.4, 0.5) is 5.82 Å². The van der Waals surface area contributed by atoms with Gasteiger partial charge in [-0.1, -0.05) is 54.6 Å². The summed E-state index contributed by atoms with van der Waals surface area (Å²) in [6.07, 6.45) is 5.57. The number of para-hydroxylation sites is 1. The van der Waals surface area contributed by atoms with Gasteiger partial charge in [0.15, 0.2) is 5.82 Å². The van der Waals surface area contributed by atoms with Crippen molar-refractivity contribution in [1.29, 1.82) is 0 Å². The Labute approximate surface area is 219 Å². The maximum atomic E-state index is 4.96. The van der Waals surface area contributed by atoms with Gasteiger partial charge >= 0.3 is 0 Å². The van der Waals surface area contributed by atoms with Crippen LogP contribution in [0.1, 0.15) is 35.4 Å². The second-order valence-electron chi connectivity index (χ2n) is 9.94. The summed E-state index contributed by atoms with van der Waals surface area (Å²) in [5.74, 6) is 1.86. The molecule has 0 aliphatic carbocycles. The fraction of sp³-hybridized carbons (Fsp3) is 0.290. The molecule has 5 heteroatoms. The largest absolute Gasteiger partial charge is 0.355 e. The van der Waals surface area contributed by atoms with Crippen LogP contribution in [0, 0.1) is 19.8 Å². The molecule has 4 heterocycles. The van der Waals surface area contributed by atoms with Gasteiger partial charge < -0.3 is 9.47 Å². The molecule has 1 fully saturated rings. The van der Waals surface area contributed by atoms with E-state index >= 15 is 0 Å². The monoisotopic (exact) mass is 496 g/mol. The highest BCUT2D eigenvalue weighted by molar-refractivity contribution is 5.93. The average Bonchev–Trinajstić information content (AvgIpc) is 3.14. The zero-order chi connectivity index (χ0) is 23.8. The second-order valence-corrected chi connectivity index (χ2v) is 9.94. The minimum Gasteiger partial charge on any atom is -0.355 e. The summed E-state index contributed by atoms with van der Waals surface area (Å²) >= 11 is 0. The quantitative estimate of drug-likeness (QED) is 0.259. The molecule has 184 valence electrons. The number of halogens is 1. The Hall–Kier alpha value is -3.37. The lowest BCUT2D eigenvalue weighted by molar-refractivity contribution is 0.402. The summed E-state index contributed by atoms with van der Waals surface area (Å²) < 4.78 is 2.43. The van der Waals surface area contributed by atoms with Crippen molar-refractivity contribution < 1.29 is 0 Å². The number of benzene rings is 2. The first-order valence-electron chi connectivity index (χ1n) is 12.8. The van der Waals surface area contributed by atoms with Gasteiger partial charge in [-0.05, 0) is 68.4 Å². The number of hydrogen-bond acceptors (Lipinski definition) is 3. The third-order valence-corrected chi connectivity index (χ3v) is 7.78. The molecule has 3 aromatic heterocycles. The van der Waals surface area contributed by atoms with E-state index < -0.39 is 0 Å². The summed E-state index contributed by atoms with van der Waals surface area (Å²) in [6, 6.07) is 25.8. The van der Waals surface area contributed by atoms with Crippen LogP contribution in [0.2, 0.25) is 0 Å². The van der Waals surface area contributed by atoms with Crippen LogP contribution in [-0.4, -0.2) is 27.6 Å². The van der Waals surface area contributed by atoms with Gasteiger partial charge in [-0.2, -0.15) is 0 Å². The fourth-order valence-corrected chi connectivity index (χ4v) is 5.66. The number of piperidine rings is 1. The molecule has 4 nitrogen and oxygen atoms in total. The number of aryl methyl sites for hydroxylation is 1. The topological polar surface area (TPSA) is 34.0 Å². The number of rotatable bonds is 5. The van der Waals surface area contributed by atoms with Crippen LogP contribution in [-0.2, 0) is 13.0 Å². The number of anilines is 1. The molecule has 6 rings (SSSR count). The molecular formula is C31H33ClN4. The molecular weight excluding hydrogens is 464 g/mol. The highest BCUT2D eigenvalue weighted by Crippen LogP contribution is 2.34. The third kappa shape index (κ3) is 4.58. The van der Waals surface area contributed by atoms with Gasteiger partial charge in [0.2, 0.25) is 0 Å². The van der Waals surface area contributed by atoms with Crippen molar-refractivity contribution >= 4 is 40.0 Å². The molecule has 1 aliphatic heterocycles. The van der Waals surface area contributed by atoms with Crippen molar-refractivity contribution in [2.75, 3.05) is 18.0 Å². The average molecular weight is 497 g/mol. The molecule has 0 saturated carbocycles. The number of aromatic nitrogens is 3. The molecule has 0 amide bonds. The van der Waals surface area contributed by atoms with Crippen LogP contribution in [0.3, 0.4) is 0 Å². The van der Waals surface area contributed by atoms with E-state index in [2.05, 4.69) is 96.1 Å². The van der Waals surface area contributed by atoms with Crippen molar-refractivity contribution in [3.05, 3.63) is 102 Å². The number of hydrogen-bond donors (Lipinski definition) is 0. The lowest BCUT2D eigenvalue weighted by Gasteiger charge is -2.33. The Kier molecular flexibility index (Phi) is 6.97. The first-order valence-corrected chi connectivity index (χ1v) is 12.8. The Bertz CT molecular complexity index is 1480. The van der Waals surface area contributed by atoms with Crippen LogP contribution < -0.4 is 4.90 Å². The predicted octanol–water partition coefficient (Wildman–Crippen LogP) is 7.13. The van der Waals surface area contributed by atoms with Crippen molar-refractivity contribution in [1.82, 2.24) is 14.5 Å². The van der Waals surface area contributed by atoms with Gasteiger partial charge in [-0.3, -0.25) is 4.98 Å².